The lowest BCUT2D eigenvalue weighted by atomic mass is 10.1. The Morgan fingerprint density at radius 1 is 1.10 bits per heavy atom. The fourth-order valence-electron chi connectivity index (χ4n) is 3.95. The highest BCUT2D eigenvalue weighted by molar-refractivity contribution is 5.89. The van der Waals surface area contributed by atoms with Crippen LogP contribution in [0.3, 0.4) is 0 Å². The van der Waals surface area contributed by atoms with Gasteiger partial charge in [-0.25, -0.2) is 9.78 Å². The van der Waals surface area contributed by atoms with Crippen LogP contribution >= 0.6 is 0 Å². The lowest BCUT2D eigenvalue weighted by Crippen LogP contribution is -2.33. The zero-order valence-electron chi connectivity index (χ0n) is 17.4. The molecule has 150 valence electrons. The zero-order valence-corrected chi connectivity index (χ0v) is 17.4. The number of hydrogen-bond acceptors (Lipinski definition) is 2. The third kappa shape index (κ3) is 4.19. The first kappa shape index (κ1) is 19.2. The molecule has 29 heavy (non-hydrogen) atoms. The van der Waals surface area contributed by atoms with Crippen LogP contribution in [0.15, 0.2) is 54.7 Å². The standard InChI is InChI=1S/C24H28N4O/c1-17-9-10-22(13-18(17)2)26-24(29)27-12-11-21(16-27)23-25-14-19(3)28(23)15-20-7-5-4-6-8-20/h4-10,13-14,21H,11-12,15-16H2,1-3H3,(H,26,29). The minimum Gasteiger partial charge on any atom is -0.328 e. The average molecular weight is 389 g/mol. The van der Waals surface area contributed by atoms with Crippen LogP contribution in [0.5, 0.6) is 0 Å². The molecule has 0 aliphatic carbocycles. The number of likely N-dealkylation sites (tertiary alicyclic amines) is 1. The highest BCUT2D eigenvalue weighted by Crippen LogP contribution is 2.28. The monoisotopic (exact) mass is 388 g/mol. The number of hydrogen-bond donors (Lipinski definition) is 1. The molecular weight excluding hydrogens is 360 g/mol. The maximum absolute atomic E-state index is 12.8. The predicted octanol–water partition coefficient (Wildman–Crippen LogP) is 4.88. The number of amides is 2. The number of nitrogens with one attached hydrogen (secondary N) is 1. The van der Waals surface area contributed by atoms with Crippen molar-refractivity contribution in [1.82, 2.24) is 14.5 Å². The first-order valence-electron chi connectivity index (χ1n) is 10.2. The fraction of sp³-hybridized carbons (Fsp3) is 0.333. The zero-order chi connectivity index (χ0) is 20.4. The molecule has 1 aromatic heterocycles. The molecule has 3 aromatic rings. The normalized spacial score (nSPS) is 16.2. The fourth-order valence-corrected chi connectivity index (χ4v) is 3.95. The molecule has 2 heterocycles. The Morgan fingerprint density at radius 2 is 1.90 bits per heavy atom. The van der Waals surface area contributed by atoms with Gasteiger partial charge in [0.25, 0.3) is 0 Å². The molecule has 1 fully saturated rings. The lowest BCUT2D eigenvalue weighted by Gasteiger charge is -2.19. The van der Waals surface area contributed by atoms with Crippen molar-refractivity contribution in [1.29, 1.82) is 0 Å². The number of benzene rings is 2. The minimum atomic E-state index is -0.0337. The van der Waals surface area contributed by atoms with E-state index in [1.807, 2.05) is 35.4 Å². The Hall–Kier alpha value is -3.08. The van der Waals surface area contributed by atoms with Crippen molar-refractivity contribution in [3.63, 3.8) is 0 Å². The summed E-state index contributed by atoms with van der Waals surface area (Å²) in [4.78, 5) is 19.4. The number of aromatic nitrogens is 2. The van der Waals surface area contributed by atoms with Crippen LogP contribution in [0, 0.1) is 20.8 Å². The summed E-state index contributed by atoms with van der Waals surface area (Å²) in [5.74, 6) is 1.34. The van der Waals surface area contributed by atoms with Crippen LogP contribution in [-0.4, -0.2) is 33.6 Å². The molecule has 1 N–H and O–H groups in total. The third-order valence-electron chi connectivity index (χ3n) is 5.87. The average Bonchev–Trinajstić information content (AvgIpc) is 3.33. The van der Waals surface area contributed by atoms with E-state index in [9.17, 15) is 4.79 Å². The highest BCUT2D eigenvalue weighted by Gasteiger charge is 2.30. The molecule has 1 aliphatic rings. The summed E-state index contributed by atoms with van der Waals surface area (Å²) in [6.45, 7) is 8.49. The van der Waals surface area contributed by atoms with Gasteiger partial charge in [0.15, 0.2) is 0 Å². The van der Waals surface area contributed by atoms with Gasteiger partial charge in [0.2, 0.25) is 0 Å². The smallest absolute Gasteiger partial charge is 0.321 e. The second kappa shape index (κ2) is 8.11. The van der Waals surface area contributed by atoms with Crippen molar-refractivity contribution in [2.45, 2.75) is 39.7 Å². The van der Waals surface area contributed by atoms with Crippen LogP contribution in [0.1, 0.15) is 40.5 Å². The van der Waals surface area contributed by atoms with Gasteiger partial charge in [0, 0.05) is 43.1 Å². The Labute approximate surface area is 172 Å². The van der Waals surface area contributed by atoms with E-state index >= 15 is 0 Å². The summed E-state index contributed by atoms with van der Waals surface area (Å²) in [5.41, 5.74) is 5.67. The molecule has 2 aromatic carbocycles. The van der Waals surface area contributed by atoms with E-state index in [0.29, 0.717) is 6.54 Å². The number of carbonyl (C=O) groups excluding carboxylic acids is 1. The van der Waals surface area contributed by atoms with Gasteiger partial charge >= 0.3 is 6.03 Å². The largest absolute Gasteiger partial charge is 0.328 e. The molecule has 5 heteroatoms. The van der Waals surface area contributed by atoms with Crippen LogP contribution < -0.4 is 5.32 Å². The van der Waals surface area contributed by atoms with Crippen LogP contribution in [0.2, 0.25) is 0 Å². The number of anilines is 1. The van der Waals surface area contributed by atoms with Crippen molar-refractivity contribution in [2.24, 2.45) is 0 Å². The van der Waals surface area contributed by atoms with Crippen molar-refractivity contribution >= 4 is 11.7 Å². The topological polar surface area (TPSA) is 50.2 Å². The molecule has 1 atom stereocenters. The first-order valence-corrected chi connectivity index (χ1v) is 10.2. The Bertz CT molecular complexity index is 1010. The van der Waals surface area contributed by atoms with Gasteiger partial charge in [-0.1, -0.05) is 36.4 Å². The van der Waals surface area contributed by atoms with E-state index in [1.54, 1.807) is 0 Å². The van der Waals surface area contributed by atoms with Crippen LogP contribution in [-0.2, 0) is 6.54 Å². The number of nitrogens with zero attached hydrogens (tertiary/aromatic N) is 3. The number of carbonyl (C=O) groups is 1. The summed E-state index contributed by atoms with van der Waals surface area (Å²) in [7, 11) is 0. The summed E-state index contributed by atoms with van der Waals surface area (Å²) in [6, 6.07) is 16.4. The first-order chi connectivity index (χ1) is 14.0. The Balaban J connectivity index is 1.44. The predicted molar refractivity (Wildman–Crippen MR) is 116 cm³/mol. The van der Waals surface area contributed by atoms with Crippen LogP contribution in [0.4, 0.5) is 10.5 Å². The molecule has 0 bridgehead atoms. The van der Waals surface area contributed by atoms with Gasteiger partial charge in [0.05, 0.1) is 0 Å². The van der Waals surface area contributed by atoms with Gasteiger partial charge in [-0.15, -0.1) is 0 Å². The van der Waals surface area contributed by atoms with E-state index in [-0.39, 0.29) is 11.9 Å². The molecule has 4 rings (SSSR count). The van der Waals surface area contributed by atoms with E-state index in [4.69, 9.17) is 4.98 Å². The maximum atomic E-state index is 12.8. The molecule has 0 radical (unpaired) electrons. The number of aryl methyl sites for hydroxylation is 3. The molecular formula is C24H28N4O. The second-order valence-corrected chi connectivity index (χ2v) is 7.99. The molecule has 2 amide bonds. The molecule has 1 saturated heterocycles. The lowest BCUT2D eigenvalue weighted by molar-refractivity contribution is 0.222. The number of rotatable bonds is 4. The Kier molecular flexibility index (Phi) is 5.38. The minimum absolute atomic E-state index is 0.0337. The van der Waals surface area contributed by atoms with Crippen LogP contribution in [0.25, 0.3) is 0 Å². The molecule has 1 unspecified atom stereocenters. The summed E-state index contributed by atoms with van der Waals surface area (Å²) >= 11 is 0. The molecule has 1 aliphatic heterocycles. The third-order valence-corrected chi connectivity index (χ3v) is 5.87. The molecule has 0 spiro atoms. The molecule has 0 saturated carbocycles. The number of urea groups is 1. The van der Waals surface area contributed by atoms with Gasteiger partial charge in [-0.2, -0.15) is 0 Å². The summed E-state index contributed by atoms with van der Waals surface area (Å²) in [6.07, 6.45) is 2.88. The molecule has 5 nitrogen and oxygen atoms in total. The highest BCUT2D eigenvalue weighted by atomic mass is 16.2. The quantitative estimate of drug-likeness (QED) is 0.693. The SMILES string of the molecule is Cc1ccc(NC(=O)N2CCC(c3ncc(C)n3Cc3ccccc3)C2)cc1C. The van der Waals surface area contributed by atoms with E-state index in [2.05, 4.69) is 54.9 Å². The van der Waals surface area contributed by atoms with Gasteiger partial charge in [-0.3, -0.25) is 0 Å². The number of imidazole rings is 1. The van der Waals surface area contributed by atoms with Gasteiger partial charge in [-0.05, 0) is 56.0 Å². The van der Waals surface area contributed by atoms with E-state index in [0.717, 1.165) is 36.7 Å². The Morgan fingerprint density at radius 3 is 2.66 bits per heavy atom. The van der Waals surface area contributed by atoms with Crippen molar-refractivity contribution in [2.75, 3.05) is 18.4 Å². The summed E-state index contributed by atoms with van der Waals surface area (Å²) < 4.78 is 2.28. The van der Waals surface area contributed by atoms with Gasteiger partial charge < -0.3 is 14.8 Å². The van der Waals surface area contributed by atoms with E-state index < -0.39 is 0 Å². The second-order valence-electron chi connectivity index (χ2n) is 7.99. The van der Waals surface area contributed by atoms with Crippen molar-refractivity contribution < 1.29 is 4.79 Å². The van der Waals surface area contributed by atoms with Crippen molar-refractivity contribution in [3.8, 4) is 0 Å². The van der Waals surface area contributed by atoms with Gasteiger partial charge in [0.1, 0.15) is 5.82 Å². The van der Waals surface area contributed by atoms with Crippen molar-refractivity contribution in [3.05, 3.63) is 82.9 Å². The van der Waals surface area contributed by atoms with E-state index in [1.165, 1.54) is 16.7 Å². The summed E-state index contributed by atoms with van der Waals surface area (Å²) in [5, 5.41) is 3.04. The maximum Gasteiger partial charge on any atom is 0.321 e.